The lowest BCUT2D eigenvalue weighted by atomic mass is 10.2. The maximum absolute atomic E-state index is 12.7. The third kappa shape index (κ3) is 5.32. The van der Waals surface area contributed by atoms with E-state index in [-0.39, 0.29) is 10.5 Å². The summed E-state index contributed by atoms with van der Waals surface area (Å²) in [6.45, 7) is 4.28. The van der Waals surface area contributed by atoms with Crippen LogP contribution in [-0.4, -0.2) is 25.9 Å². The highest BCUT2D eigenvalue weighted by atomic mass is 32.2. The van der Waals surface area contributed by atoms with Gasteiger partial charge in [0.2, 0.25) is 0 Å². The molecule has 2 aromatic carbocycles. The fraction of sp³-hybridized carbons (Fsp3) is 0.143. The number of carbonyl (C=O) groups is 1. The summed E-state index contributed by atoms with van der Waals surface area (Å²) in [6, 6.07) is 15.9. The number of carbonyl (C=O) groups excluding carboxylic acids is 1. The van der Waals surface area contributed by atoms with Crippen LogP contribution in [0.25, 0.3) is 0 Å². The van der Waals surface area contributed by atoms with E-state index in [1.165, 1.54) is 18.2 Å². The zero-order chi connectivity index (χ0) is 20.9. The number of sulfonamides is 1. The number of amides is 1. The number of aryl methyl sites for hydroxylation is 1. The fourth-order valence-corrected chi connectivity index (χ4v) is 3.70. The minimum absolute atomic E-state index is 0.0174. The van der Waals surface area contributed by atoms with Gasteiger partial charge in [0.15, 0.2) is 0 Å². The molecule has 0 unspecified atom stereocenters. The molecule has 0 spiro atoms. The molecule has 8 heteroatoms. The molecule has 29 heavy (non-hydrogen) atoms. The number of benzene rings is 2. The normalized spacial score (nSPS) is 11.0. The Labute approximate surface area is 169 Å². The van der Waals surface area contributed by atoms with Gasteiger partial charge in [-0.3, -0.25) is 9.52 Å². The van der Waals surface area contributed by atoms with Crippen LogP contribution in [0.2, 0.25) is 0 Å². The lowest BCUT2D eigenvalue weighted by molar-refractivity contribution is 0.102. The molecule has 0 aliphatic rings. The van der Waals surface area contributed by atoms with E-state index in [9.17, 15) is 13.2 Å². The van der Waals surface area contributed by atoms with Crippen LogP contribution < -0.4 is 14.8 Å². The van der Waals surface area contributed by atoms with Crippen LogP contribution in [0.3, 0.4) is 0 Å². The highest BCUT2D eigenvalue weighted by molar-refractivity contribution is 7.92. The van der Waals surface area contributed by atoms with E-state index in [1.54, 1.807) is 42.6 Å². The predicted molar refractivity (Wildman–Crippen MR) is 112 cm³/mol. The summed E-state index contributed by atoms with van der Waals surface area (Å²) in [5, 5.41) is 2.67. The maximum atomic E-state index is 12.7. The monoisotopic (exact) mass is 411 g/mol. The van der Waals surface area contributed by atoms with Gasteiger partial charge in [0.25, 0.3) is 15.9 Å². The van der Waals surface area contributed by atoms with Crippen LogP contribution >= 0.6 is 0 Å². The van der Waals surface area contributed by atoms with Crippen LogP contribution in [0.5, 0.6) is 5.75 Å². The van der Waals surface area contributed by atoms with Crippen molar-refractivity contribution in [1.29, 1.82) is 0 Å². The van der Waals surface area contributed by atoms with Gasteiger partial charge < -0.3 is 10.1 Å². The molecule has 1 aromatic heterocycles. The number of rotatable bonds is 7. The quantitative estimate of drug-likeness (QED) is 0.616. The molecule has 0 radical (unpaired) electrons. The average molecular weight is 411 g/mol. The Hall–Kier alpha value is -3.39. The average Bonchev–Trinajstić information content (AvgIpc) is 2.70. The number of nitrogens with one attached hydrogen (secondary N) is 2. The molecule has 0 aliphatic carbocycles. The number of hydrogen-bond donors (Lipinski definition) is 2. The Morgan fingerprint density at radius 2 is 1.83 bits per heavy atom. The Kier molecular flexibility index (Phi) is 6.13. The highest BCUT2D eigenvalue weighted by Gasteiger charge is 2.17. The van der Waals surface area contributed by atoms with Gasteiger partial charge in [0.05, 0.1) is 11.5 Å². The second-order valence-corrected chi connectivity index (χ2v) is 7.95. The first-order valence-electron chi connectivity index (χ1n) is 8.97. The molecule has 0 bridgehead atoms. The Morgan fingerprint density at radius 3 is 2.52 bits per heavy atom. The van der Waals surface area contributed by atoms with Crippen molar-refractivity contribution in [3.05, 3.63) is 78.0 Å². The second-order valence-electron chi connectivity index (χ2n) is 6.26. The lowest BCUT2D eigenvalue weighted by Gasteiger charge is -2.10. The summed E-state index contributed by atoms with van der Waals surface area (Å²) in [6.07, 6.45) is 1.59. The lowest BCUT2D eigenvalue weighted by Crippen LogP contribution is -2.16. The summed E-state index contributed by atoms with van der Waals surface area (Å²) in [5.74, 6) is 0.607. The Bertz CT molecular complexity index is 1110. The first-order valence-corrected chi connectivity index (χ1v) is 10.5. The zero-order valence-corrected chi connectivity index (χ0v) is 16.9. The van der Waals surface area contributed by atoms with E-state index in [1.807, 2.05) is 19.9 Å². The van der Waals surface area contributed by atoms with E-state index >= 15 is 0 Å². The molecule has 0 saturated carbocycles. The molecular formula is C21H21N3O4S. The SMILES string of the molecule is CCOc1ccc(NS(=O)(=O)c2cccc(C(=O)Nc3cc(C)ccn3)c2)cc1. The molecule has 0 fully saturated rings. The molecule has 1 heterocycles. The summed E-state index contributed by atoms with van der Waals surface area (Å²) >= 11 is 0. The second kappa shape index (κ2) is 8.74. The molecule has 150 valence electrons. The third-order valence-electron chi connectivity index (χ3n) is 3.98. The molecule has 1 amide bonds. The van der Waals surface area contributed by atoms with E-state index in [4.69, 9.17) is 4.74 Å². The van der Waals surface area contributed by atoms with Gasteiger partial charge >= 0.3 is 0 Å². The van der Waals surface area contributed by atoms with Gasteiger partial charge in [0, 0.05) is 17.4 Å². The predicted octanol–water partition coefficient (Wildman–Crippen LogP) is 3.84. The number of nitrogens with zero attached hydrogens (tertiary/aromatic N) is 1. The summed E-state index contributed by atoms with van der Waals surface area (Å²) < 4.78 is 33.3. The van der Waals surface area contributed by atoms with Crippen molar-refractivity contribution in [3.63, 3.8) is 0 Å². The topological polar surface area (TPSA) is 97.4 Å². The van der Waals surface area contributed by atoms with Gasteiger partial charge in [-0.1, -0.05) is 6.07 Å². The molecule has 2 N–H and O–H groups in total. The highest BCUT2D eigenvalue weighted by Crippen LogP contribution is 2.20. The van der Waals surface area contributed by atoms with E-state index in [0.29, 0.717) is 23.9 Å². The van der Waals surface area contributed by atoms with Crippen LogP contribution in [0.1, 0.15) is 22.8 Å². The van der Waals surface area contributed by atoms with Crippen molar-refractivity contribution in [2.45, 2.75) is 18.7 Å². The standard InChI is InChI=1S/C21H21N3O4S/c1-3-28-18-9-7-17(8-10-18)24-29(26,27)19-6-4-5-16(14-19)21(25)23-20-13-15(2)11-12-22-20/h4-14,24H,3H2,1-2H3,(H,22,23,25). The molecule has 3 rings (SSSR count). The van der Waals surface area contributed by atoms with E-state index < -0.39 is 15.9 Å². The van der Waals surface area contributed by atoms with E-state index in [0.717, 1.165) is 5.56 Å². The zero-order valence-electron chi connectivity index (χ0n) is 16.0. The number of anilines is 2. The van der Waals surface area contributed by atoms with Crippen molar-refractivity contribution in [1.82, 2.24) is 4.98 Å². The minimum atomic E-state index is -3.86. The largest absolute Gasteiger partial charge is 0.494 e. The first-order chi connectivity index (χ1) is 13.9. The molecule has 7 nitrogen and oxygen atoms in total. The van der Waals surface area contributed by atoms with Crippen molar-refractivity contribution < 1.29 is 17.9 Å². The Morgan fingerprint density at radius 1 is 1.07 bits per heavy atom. The van der Waals surface area contributed by atoms with Crippen LogP contribution in [0, 0.1) is 6.92 Å². The van der Waals surface area contributed by atoms with Crippen LogP contribution in [0.15, 0.2) is 71.8 Å². The summed E-state index contributed by atoms with van der Waals surface area (Å²) in [7, 11) is -3.86. The molecule has 0 saturated heterocycles. The first kappa shape index (κ1) is 20.3. The van der Waals surface area contributed by atoms with Gasteiger partial charge in [-0.25, -0.2) is 13.4 Å². The maximum Gasteiger partial charge on any atom is 0.261 e. The van der Waals surface area contributed by atoms with Crippen LogP contribution in [0.4, 0.5) is 11.5 Å². The number of hydrogen-bond acceptors (Lipinski definition) is 5. The molecular weight excluding hydrogens is 390 g/mol. The van der Waals surface area contributed by atoms with Crippen molar-refractivity contribution in [3.8, 4) is 5.75 Å². The number of pyridine rings is 1. The van der Waals surface area contributed by atoms with Gasteiger partial charge in [0.1, 0.15) is 11.6 Å². The summed E-state index contributed by atoms with van der Waals surface area (Å²) in [4.78, 5) is 16.5. The summed E-state index contributed by atoms with van der Waals surface area (Å²) in [5.41, 5.74) is 1.56. The molecule has 0 aliphatic heterocycles. The van der Waals surface area contributed by atoms with Gasteiger partial charge in [-0.15, -0.1) is 0 Å². The minimum Gasteiger partial charge on any atom is -0.494 e. The number of ether oxygens (including phenoxy) is 1. The van der Waals surface area contributed by atoms with Crippen molar-refractivity contribution in [2.24, 2.45) is 0 Å². The molecule has 0 atom stereocenters. The fourth-order valence-electron chi connectivity index (χ4n) is 2.60. The van der Waals surface area contributed by atoms with Gasteiger partial charge in [-0.2, -0.15) is 0 Å². The van der Waals surface area contributed by atoms with Gasteiger partial charge in [-0.05, 0) is 74.0 Å². The number of aromatic nitrogens is 1. The van der Waals surface area contributed by atoms with Crippen molar-refractivity contribution >= 4 is 27.4 Å². The third-order valence-corrected chi connectivity index (χ3v) is 5.36. The van der Waals surface area contributed by atoms with Crippen molar-refractivity contribution in [2.75, 3.05) is 16.6 Å². The molecule has 3 aromatic rings. The Balaban J connectivity index is 1.77. The van der Waals surface area contributed by atoms with E-state index in [2.05, 4.69) is 15.0 Å². The van der Waals surface area contributed by atoms with Crippen LogP contribution in [-0.2, 0) is 10.0 Å². The smallest absolute Gasteiger partial charge is 0.261 e.